The van der Waals surface area contributed by atoms with E-state index in [1.165, 1.54) is 57.8 Å². The van der Waals surface area contributed by atoms with Crippen LogP contribution in [-0.2, 0) is 46.7 Å². The molecule has 0 rings (SSSR count). The number of hydrogen-bond donors (Lipinski definition) is 0. The van der Waals surface area contributed by atoms with Crippen LogP contribution in [0.15, 0.2) is 12.2 Å². The van der Waals surface area contributed by atoms with Gasteiger partial charge in [-0.25, -0.2) is 23.8 Å². The number of unbranched alkanes of at least 4 members (excludes halogenated alkanes) is 12. The van der Waals surface area contributed by atoms with Gasteiger partial charge in [-0.2, -0.15) is 4.31 Å². The summed E-state index contributed by atoms with van der Waals surface area (Å²) in [6.07, 6.45) is 21.0. The lowest BCUT2D eigenvalue weighted by atomic mass is 10.1. The summed E-state index contributed by atoms with van der Waals surface area (Å²) in [6.45, 7) is 7.23. The van der Waals surface area contributed by atoms with E-state index in [0.29, 0.717) is 6.42 Å². The average molecular weight is 561 g/mol. The second-order valence-electron chi connectivity index (χ2n) is 8.19. The number of allylic oxidation sites excluding steroid dienone is 2. The van der Waals surface area contributed by atoms with Gasteiger partial charge in [-0.05, 0) is 52.9 Å². The molecule has 0 aliphatic rings. The van der Waals surface area contributed by atoms with Crippen molar-refractivity contribution in [2.75, 3.05) is 26.4 Å². The maximum Gasteiger partial charge on any atom is 0.538 e. The van der Waals surface area contributed by atoms with Crippen LogP contribution in [0.25, 0.3) is 0 Å². The van der Waals surface area contributed by atoms with Gasteiger partial charge in [0.25, 0.3) is 0 Å². The molecule has 0 aromatic rings. The fourth-order valence-electron chi connectivity index (χ4n) is 3.10. The Morgan fingerprint density at radius 3 is 1.42 bits per heavy atom. The van der Waals surface area contributed by atoms with Gasteiger partial charge in [0.2, 0.25) is 0 Å². The third kappa shape index (κ3) is 21.9. The summed E-state index contributed by atoms with van der Waals surface area (Å²) in [4.78, 5) is 13.9. The van der Waals surface area contributed by atoms with Crippen molar-refractivity contribution >= 4 is 15.6 Å². The molecule has 0 fully saturated rings. The Balaban J connectivity index is 4.07. The highest BCUT2D eigenvalue weighted by molar-refractivity contribution is 7.62. The summed E-state index contributed by atoms with van der Waals surface area (Å²) < 4.78 is 49.5. The molecule has 10 nitrogen and oxygen atoms in total. The zero-order chi connectivity index (χ0) is 26.8. The lowest BCUT2D eigenvalue weighted by Gasteiger charge is -2.20. The second kappa shape index (κ2) is 25.2. The number of phosphoric acid groups is 2. The Hall–Kier alpha value is -0.120. The monoisotopic (exact) mass is 560 g/mol. The van der Waals surface area contributed by atoms with E-state index >= 15 is 0 Å². The van der Waals surface area contributed by atoms with E-state index in [1.54, 1.807) is 20.8 Å². The molecule has 0 saturated heterocycles. The van der Waals surface area contributed by atoms with E-state index in [1.807, 2.05) is 0 Å². The van der Waals surface area contributed by atoms with Crippen molar-refractivity contribution in [2.24, 2.45) is 0 Å². The summed E-state index contributed by atoms with van der Waals surface area (Å²) >= 11 is 0. The van der Waals surface area contributed by atoms with Gasteiger partial charge in [0.05, 0.1) is 26.4 Å². The van der Waals surface area contributed by atoms with E-state index in [4.69, 9.17) is 18.4 Å². The number of hydrogen-bond acceptors (Lipinski definition) is 10. The minimum atomic E-state index is -4.55. The van der Waals surface area contributed by atoms with Crippen LogP contribution >= 0.6 is 15.6 Å². The van der Waals surface area contributed by atoms with Crippen LogP contribution in [0.2, 0.25) is 0 Å². The normalized spacial score (nSPS) is 14.0. The van der Waals surface area contributed by atoms with Crippen LogP contribution in [0.5, 0.6) is 0 Å². The van der Waals surface area contributed by atoms with Crippen molar-refractivity contribution in [1.29, 1.82) is 0 Å². The average Bonchev–Trinajstić information content (AvgIpc) is 2.87. The third-order valence-corrected chi connectivity index (χ3v) is 7.85. The van der Waals surface area contributed by atoms with E-state index in [2.05, 4.69) is 38.2 Å². The summed E-state index contributed by atoms with van der Waals surface area (Å²) in [6, 6.07) is 0. The molecule has 0 amide bonds. The first-order valence-electron chi connectivity index (χ1n) is 13.6. The predicted molar refractivity (Wildman–Crippen MR) is 140 cm³/mol. The summed E-state index contributed by atoms with van der Waals surface area (Å²) in [5.41, 5.74) is 0. The molecule has 0 aliphatic heterocycles. The zero-order valence-corrected chi connectivity index (χ0v) is 24.6. The molecule has 0 aliphatic carbocycles. The van der Waals surface area contributed by atoms with Crippen molar-refractivity contribution in [3.05, 3.63) is 12.2 Å². The fraction of sp³-hybridized carbons (Fsp3) is 0.917. The van der Waals surface area contributed by atoms with Gasteiger partial charge >= 0.3 is 15.6 Å². The van der Waals surface area contributed by atoms with Gasteiger partial charge in [-0.3, -0.25) is 4.52 Å². The van der Waals surface area contributed by atoms with Crippen LogP contribution in [0.3, 0.4) is 0 Å². The van der Waals surface area contributed by atoms with Crippen LogP contribution in [-0.4, -0.2) is 26.4 Å². The lowest BCUT2D eigenvalue weighted by Crippen LogP contribution is -2.06. The summed E-state index contributed by atoms with van der Waals surface area (Å²) in [5.74, 6) is 0. The minimum Gasteiger partial charge on any atom is -0.285 e. The van der Waals surface area contributed by atoms with Gasteiger partial charge in [0.15, 0.2) is 0 Å². The molecule has 0 aromatic heterocycles. The van der Waals surface area contributed by atoms with E-state index < -0.39 is 15.6 Å². The van der Waals surface area contributed by atoms with Gasteiger partial charge in [0.1, 0.15) is 0 Å². The zero-order valence-electron chi connectivity index (χ0n) is 22.9. The van der Waals surface area contributed by atoms with Crippen molar-refractivity contribution in [3.8, 4) is 0 Å². The van der Waals surface area contributed by atoms with Gasteiger partial charge in [-0.15, -0.1) is 14.0 Å². The number of rotatable bonds is 28. The molecule has 0 spiro atoms. The van der Waals surface area contributed by atoms with Crippen LogP contribution in [0.4, 0.5) is 0 Å². The smallest absolute Gasteiger partial charge is 0.285 e. The molecular weight excluding hydrogens is 510 g/mol. The molecule has 36 heavy (non-hydrogen) atoms. The molecule has 0 aromatic carbocycles. The van der Waals surface area contributed by atoms with Crippen molar-refractivity contribution in [1.82, 2.24) is 0 Å². The molecule has 216 valence electrons. The van der Waals surface area contributed by atoms with E-state index in [0.717, 1.165) is 25.7 Å². The Labute approximate surface area is 218 Å². The van der Waals surface area contributed by atoms with Crippen molar-refractivity contribution in [3.63, 3.8) is 0 Å². The van der Waals surface area contributed by atoms with Gasteiger partial charge in [0, 0.05) is 0 Å². The van der Waals surface area contributed by atoms with Crippen LogP contribution < -0.4 is 0 Å². The molecular formula is C24H50O10P2. The maximum atomic E-state index is 12.8. The van der Waals surface area contributed by atoms with Crippen molar-refractivity contribution < 1.29 is 46.7 Å². The first kappa shape index (κ1) is 35.9. The largest absolute Gasteiger partial charge is 0.538 e. The van der Waals surface area contributed by atoms with Gasteiger partial charge in [-0.1, -0.05) is 76.9 Å². The first-order chi connectivity index (χ1) is 17.4. The standard InChI is InChI=1S/C24H50O10P2/c1-5-9-10-11-12-13-14-15-16-17-18-19-20-21-22-23-24-30-35(25,31-27-6-2)34-36(26,32-28-7-3)33-29-8-4/h15-16H,5-14,17-24H2,1-4H3/b16-15-. The summed E-state index contributed by atoms with van der Waals surface area (Å²) in [7, 11) is -8.98. The molecule has 0 saturated carbocycles. The quantitative estimate of drug-likeness (QED) is 0.0302. The molecule has 0 radical (unpaired) electrons. The molecule has 0 heterocycles. The predicted octanol–water partition coefficient (Wildman–Crippen LogP) is 9.18. The Morgan fingerprint density at radius 1 is 0.528 bits per heavy atom. The van der Waals surface area contributed by atoms with Gasteiger partial charge < -0.3 is 0 Å². The highest BCUT2D eigenvalue weighted by Crippen LogP contribution is 2.66. The Morgan fingerprint density at radius 2 is 0.944 bits per heavy atom. The lowest BCUT2D eigenvalue weighted by molar-refractivity contribution is -0.277. The van der Waals surface area contributed by atoms with Crippen LogP contribution in [0, 0.1) is 0 Å². The molecule has 1 unspecified atom stereocenters. The van der Waals surface area contributed by atoms with Crippen LogP contribution in [0.1, 0.15) is 118 Å². The minimum absolute atomic E-state index is 0.0375. The second-order valence-corrected chi connectivity index (χ2v) is 11.3. The Kier molecular flexibility index (Phi) is 25.1. The van der Waals surface area contributed by atoms with E-state index in [-0.39, 0.29) is 26.4 Å². The third-order valence-electron chi connectivity index (χ3n) is 4.89. The first-order valence-corrected chi connectivity index (χ1v) is 16.5. The SMILES string of the molecule is CCCCCCCC/C=C\CCCCCCCCOP(=O)(OOCC)OP(=O)(OOCC)OOCC. The highest BCUT2D eigenvalue weighted by Gasteiger charge is 2.44. The molecule has 0 N–H and O–H groups in total. The highest BCUT2D eigenvalue weighted by atomic mass is 31.3. The fourth-order valence-corrected chi connectivity index (χ4v) is 5.72. The van der Waals surface area contributed by atoms with Crippen molar-refractivity contribution in [2.45, 2.75) is 118 Å². The topological polar surface area (TPSA) is 108 Å². The molecule has 12 heteroatoms. The molecule has 0 bridgehead atoms. The maximum absolute atomic E-state index is 12.8. The summed E-state index contributed by atoms with van der Waals surface area (Å²) in [5, 5.41) is 0. The Bertz CT molecular complexity index is 591. The molecule has 1 atom stereocenters. The van der Waals surface area contributed by atoms with E-state index in [9.17, 15) is 9.13 Å².